The Bertz CT molecular complexity index is 1310. The molecule has 0 spiro atoms. The van der Waals surface area contributed by atoms with Crippen LogP contribution in [0.5, 0.6) is 11.6 Å². The number of anilines is 3. The summed E-state index contributed by atoms with van der Waals surface area (Å²) in [5.74, 6) is -0.715. The molecule has 0 radical (unpaired) electrons. The molecule has 0 saturated carbocycles. The average molecular weight is 454 g/mol. The number of benzene rings is 1. The number of hydrogen-bond donors (Lipinski definition) is 3. The fourth-order valence-corrected chi connectivity index (χ4v) is 3.81. The summed E-state index contributed by atoms with van der Waals surface area (Å²) in [6, 6.07) is 6.14. The molecule has 1 aliphatic heterocycles. The number of aromatic amines is 2. The Hall–Kier alpha value is -3.73. The first-order valence-electron chi connectivity index (χ1n) is 10.6. The van der Waals surface area contributed by atoms with Crippen molar-refractivity contribution in [1.29, 1.82) is 0 Å². The van der Waals surface area contributed by atoms with Crippen molar-refractivity contribution in [3.05, 3.63) is 47.3 Å². The molecule has 1 fully saturated rings. The van der Waals surface area contributed by atoms with E-state index in [1.54, 1.807) is 13.0 Å². The van der Waals surface area contributed by atoms with Gasteiger partial charge in [0.25, 0.3) is 0 Å². The van der Waals surface area contributed by atoms with Gasteiger partial charge in [-0.3, -0.25) is 5.10 Å². The van der Waals surface area contributed by atoms with Gasteiger partial charge < -0.3 is 24.8 Å². The molecule has 0 bridgehead atoms. The Morgan fingerprint density at radius 2 is 1.76 bits per heavy atom. The van der Waals surface area contributed by atoms with Gasteiger partial charge in [0.15, 0.2) is 17.5 Å². The molecule has 0 unspecified atom stereocenters. The predicted octanol–water partition coefficient (Wildman–Crippen LogP) is 3.86. The first-order chi connectivity index (χ1) is 15.9. The van der Waals surface area contributed by atoms with Crippen LogP contribution in [-0.2, 0) is 0 Å². The van der Waals surface area contributed by atoms with Gasteiger partial charge in [-0.15, -0.1) is 0 Å². The van der Waals surface area contributed by atoms with Gasteiger partial charge in [0.1, 0.15) is 5.82 Å². The highest BCUT2D eigenvalue weighted by Gasteiger charge is 2.22. The second-order valence-electron chi connectivity index (χ2n) is 8.26. The first-order valence-corrected chi connectivity index (χ1v) is 10.6. The summed E-state index contributed by atoms with van der Waals surface area (Å²) < 4.78 is 35.5. The molecule has 9 nitrogen and oxygen atoms in total. The van der Waals surface area contributed by atoms with Crippen molar-refractivity contribution < 1.29 is 13.5 Å². The molecule has 172 valence electrons. The van der Waals surface area contributed by atoms with Gasteiger partial charge in [-0.2, -0.15) is 15.1 Å². The minimum Gasteiger partial charge on any atom is -0.433 e. The summed E-state index contributed by atoms with van der Waals surface area (Å²) in [6.45, 7) is 6.80. The van der Waals surface area contributed by atoms with Crippen LogP contribution in [-0.4, -0.2) is 63.3 Å². The normalized spacial score (nSPS) is 14.8. The van der Waals surface area contributed by atoms with Crippen LogP contribution in [0.4, 0.5) is 26.4 Å². The SMILES string of the molecule is Cc1cc(Nc2cc(Oc3c(F)cc4[nH]c(C)cc4c3F)nc(N3CCN(C)CC3)n2)n[nH]1. The van der Waals surface area contributed by atoms with Crippen LogP contribution in [0.3, 0.4) is 0 Å². The number of halogens is 2. The monoisotopic (exact) mass is 454 g/mol. The van der Waals surface area contributed by atoms with Crippen molar-refractivity contribution >= 4 is 28.5 Å². The van der Waals surface area contributed by atoms with Crippen LogP contribution in [0, 0.1) is 25.5 Å². The number of hydrogen-bond acceptors (Lipinski definition) is 7. The van der Waals surface area contributed by atoms with E-state index in [2.05, 4.69) is 42.4 Å². The van der Waals surface area contributed by atoms with E-state index in [0.717, 1.165) is 37.6 Å². The lowest BCUT2D eigenvalue weighted by atomic mass is 10.2. The van der Waals surface area contributed by atoms with E-state index in [4.69, 9.17) is 4.74 Å². The zero-order valence-electron chi connectivity index (χ0n) is 18.5. The molecule has 1 saturated heterocycles. The molecule has 1 aliphatic rings. The van der Waals surface area contributed by atoms with Crippen molar-refractivity contribution in [1.82, 2.24) is 30.0 Å². The number of nitrogens with zero attached hydrogens (tertiary/aromatic N) is 5. The molecule has 5 rings (SSSR count). The van der Waals surface area contributed by atoms with Crippen LogP contribution in [0.15, 0.2) is 24.3 Å². The lowest BCUT2D eigenvalue weighted by Gasteiger charge is -2.32. The van der Waals surface area contributed by atoms with E-state index in [0.29, 0.717) is 23.1 Å². The summed E-state index contributed by atoms with van der Waals surface area (Å²) in [5.41, 5.74) is 1.97. The van der Waals surface area contributed by atoms with Crippen LogP contribution in [0.25, 0.3) is 10.9 Å². The summed E-state index contributed by atoms with van der Waals surface area (Å²) in [6.07, 6.45) is 0. The molecule has 4 heterocycles. The molecule has 11 heteroatoms. The van der Waals surface area contributed by atoms with Gasteiger partial charge in [-0.25, -0.2) is 8.78 Å². The minimum atomic E-state index is -0.820. The fraction of sp³-hybridized carbons (Fsp3) is 0.318. The van der Waals surface area contributed by atoms with Crippen molar-refractivity contribution in [3.8, 4) is 11.6 Å². The van der Waals surface area contributed by atoms with Crippen LogP contribution < -0.4 is 15.0 Å². The zero-order chi connectivity index (χ0) is 23.1. The predicted molar refractivity (Wildman–Crippen MR) is 121 cm³/mol. The Kier molecular flexibility index (Phi) is 5.33. The first kappa shape index (κ1) is 21.1. The highest BCUT2D eigenvalue weighted by molar-refractivity contribution is 5.83. The van der Waals surface area contributed by atoms with Crippen molar-refractivity contribution in [2.75, 3.05) is 43.4 Å². The molecule has 3 aromatic heterocycles. The van der Waals surface area contributed by atoms with E-state index in [1.165, 1.54) is 12.1 Å². The van der Waals surface area contributed by atoms with Crippen LogP contribution >= 0.6 is 0 Å². The van der Waals surface area contributed by atoms with Crippen molar-refractivity contribution in [3.63, 3.8) is 0 Å². The van der Waals surface area contributed by atoms with E-state index in [1.807, 2.05) is 17.9 Å². The number of piperazine rings is 1. The summed E-state index contributed by atoms with van der Waals surface area (Å²) in [5, 5.41) is 10.4. The van der Waals surface area contributed by atoms with Gasteiger partial charge in [0.05, 0.1) is 5.52 Å². The maximum atomic E-state index is 15.1. The quantitative estimate of drug-likeness (QED) is 0.421. The number of aryl methyl sites for hydroxylation is 2. The minimum absolute atomic E-state index is 0.0260. The van der Waals surface area contributed by atoms with Crippen molar-refractivity contribution in [2.45, 2.75) is 13.8 Å². The zero-order valence-corrected chi connectivity index (χ0v) is 18.5. The molecule has 0 aliphatic carbocycles. The average Bonchev–Trinajstić information content (AvgIpc) is 3.36. The lowest BCUT2D eigenvalue weighted by molar-refractivity contribution is 0.310. The summed E-state index contributed by atoms with van der Waals surface area (Å²) >= 11 is 0. The highest BCUT2D eigenvalue weighted by Crippen LogP contribution is 2.34. The topological polar surface area (TPSA) is 98.0 Å². The number of rotatable bonds is 5. The molecule has 3 N–H and O–H groups in total. The standard InChI is InChI=1S/C22H24F2N8O/c1-12-8-14-16(25-12)10-15(23)21(20(14)24)33-19-11-17(26-18-9-13(2)29-30-18)27-22(28-19)32-6-4-31(3)5-7-32/h8-11,25H,4-7H2,1-3H3,(H2,26,27,28,29,30). The highest BCUT2D eigenvalue weighted by atomic mass is 19.1. The maximum Gasteiger partial charge on any atom is 0.230 e. The maximum absolute atomic E-state index is 15.1. The lowest BCUT2D eigenvalue weighted by Crippen LogP contribution is -2.45. The molecular weight excluding hydrogens is 430 g/mol. The fourth-order valence-electron chi connectivity index (χ4n) is 3.81. The van der Waals surface area contributed by atoms with Gasteiger partial charge in [-0.1, -0.05) is 0 Å². The number of aromatic nitrogens is 5. The Labute approximate surface area is 188 Å². The van der Waals surface area contributed by atoms with Crippen LogP contribution in [0.1, 0.15) is 11.4 Å². The van der Waals surface area contributed by atoms with Gasteiger partial charge >= 0.3 is 0 Å². The van der Waals surface area contributed by atoms with E-state index >= 15 is 4.39 Å². The third-order valence-corrected chi connectivity index (χ3v) is 5.55. The smallest absolute Gasteiger partial charge is 0.230 e. The van der Waals surface area contributed by atoms with Gasteiger partial charge in [0.2, 0.25) is 17.6 Å². The van der Waals surface area contributed by atoms with Crippen molar-refractivity contribution in [2.24, 2.45) is 0 Å². The molecule has 0 amide bonds. The summed E-state index contributed by atoms with van der Waals surface area (Å²) in [7, 11) is 2.05. The second kappa shape index (κ2) is 8.32. The molecular formula is C22H24F2N8O. The largest absolute Gasteiger partial charge is 0.433 e. The van der Waals surface area contributed by atoms with E-state index in [-0.39, 0.29) is 11.3 Å². The Morgan fingerprint density at radius 1 is 0.970 bits per heavy atom. The number of H-pyrrole nitrogens is 2. The summed E-state index contributed by atoms with van der Waals surface area (Å²) in [4.78, 5) is 16.2. The van der Waals surface area contributed by atoms with E-state index in [9.17, 15) is 4.39 Å². The van der Waals surface area contributed by atoms with Gasteiger partial charge in [0, 0.05) is 61.2 Å². The number of fused-ring (bicyclic) bond motifs is 1. The Balaban J connectivity index is 1.52. The van der Waals surface area contributed by atoms with Gasteiger partial charge in [-0.05, 0) is 27.0 Å². The number of nitrogens with one attached hydrogen (secondary N) is 3. The van der Waals surface area contributed by atoms with E-state index < -0.39 is 17.4 Å². The molecule has 4 aromatic rings. The molecule has 1 aromatic carbocycles. The third-order valence-electron chi connectivity index (χ3n) is 5.55. The number of likely N-dealkylation sites (N-methyl/N-ethyl adjacent to an activating group) is 1. The van der Waals surface area contributed by atoms with Crippen LogP contribution in [0.2, 0.25) is 0 Å². The third kappa shape index (κ3) is 4.31. The molecule has 33 heavy (non-hydrogen) atoms. The Morgan fingerprint density at radius 3 is 2.48 bits per heavy atom. The second-order valence-corrected chi connectivity index (χ2v) is 8.26. The number of ether oxygens (including phenoxy) is 1. The molecule has 0 atom stereocenters.